The van der Waals surface area contributed by atoms with E-state index in [1.54, 1.807) is 21.1 Å². The molecule has 0 aliphatic carbocycles. The molecule has 2 aromatic heterocycles. The van der Waals surface area contributed by atoms with E-state index in [0.29, 0.717) is 43.6 Å². The van der Waals surface area contributed by atoms with Gasteiger partial charge in [-0.2, -0.15) is 0 Å². The number of thiophene rings is 1. The molecule has 0 aromatic carbocycles. The Kier molecular flexibility index (Phi) is 5.93. The minimum atomic E-state index is -0.292. The predicted octanol–water partition coefficient (Wildman–Crippen LogP) is 3.73. The molecule has 0 spiro atoms. The van der Waals surface area contributed by atoms with Crippen LogP contribution in [-0.2, 0) is 4.74 Å². The number of hydrogen-bond acceptors (Lipinski definition) is 6. The zero-order valence-corrected chi connectivity index (χ0v) is 16.9. The molecule has 1 fully saturated rings. The number of carbonyl (C=O) groups is 2. The molecule has 2 amide bonds. The Hall–Kier alpha value is -1.93. The maximum absolute atomic E-state index is 12.9. The van der Waals surface area contributed by atoms with Crippen LogP contribution in [-0.4, -0.2) is 59.6 Å². The number of carbonyl (C=O) groups excluding carboxylic acids is 2. The van der Waals surface area contributed by atoms with Gasteiger partial charge in [0, 0.05) is 26.2 Å². The van der Waals surface area contributed by atoms with Crippen LogP contribution in [0.15, 0.2) is 17.5 Å². The fraction of sp³-hybridized carbons (Fsp3) is 0.500. The Bertz CT molecular complexity index is 763. The van der Waals surface area contributed by atoms with Gasteiger partial charge in [-0.15, -0.1) is 22.7 Å². The SMILES string of the molecule is Cc1nc(-c2cccs2)sc1C(=O)N1CCN(C(=O)OCC(C)C)CC1. The topological polar surface area (TPSA) is 62.7 Å². The van der Waals surface area contributed by atoms with Crippen molar-refractivity contribution in [1.29, 1.82) is 0 Å². The second-order valence-electron chi connectivity index (χ2n) is 6.66. The summed E-state index contributed by atoms with van der Waals surface area (Å²) < 4.78 is 5.26. The number of nitrogens with zero attached hydrogens (tertiary/aromatic N) is 3. The maximum atomic E-state index is 12.9. The molecule has 3 heterocycles. The smallest absolute Gasteiger partial charge is 0.409 e. The molecule has 1 aliphatic heterocycles. The first-order chi connectivity index (χ1) is 12.5. The van der Waals surface area contributed by atoms with Crippen molar-refractivity contribution in [2.24, 2.45) is 5.92 Å². The van der Waals surface area contributed by atoms with Crippen LogP contribution < -0.4 is 0 Å². The molecule has 6 nitrogen and oxygen atoms in total. The summed E-state index contributed by atoms with van der Waals surface area (Å²) in [5.74, 6) is 0.312. The number of aryl methyl sites for hydroxylation is 1. The van der Waals surface area contributed by atoms with Crippen molar-refractivity contribution in [3.05, 3.63) is 28.1 Å². The molecule has 26 heavy (non-hydrogen) atoms. The van der Waals surface area contributed by atoms with Gasteiger partial charge in [-0.1, -0.05) is 19.9 Å². The number of thiazole rings is 1. The normalized spacial score (nSPS) is 14.8. The van der Waals surface area contributed by atoms with Crippen LogP contribution in [0.2, 0.25) is 0 Å². The second-order valence-corrected chi connectivity index (χ2v) is 8.61. The van der Waals surface area contributed by atoms with E-state index in [2.05, 4.69) is 4.98 Å². The van der Waals surface area contributed by atoms with E-state index in [1.807, 2.05) is 38.3 Å². The van der Waals surface area contributed by atoms with Crippen LogP contribution in [0.5, 0.6) is 0 Å². The van der Waals surface area contributed by atoms with Crippen molar-refractivity contribution in [2.75, 3.05) is 32.8 Å². The zero-order chi connectivity index (χ0) is 18.7. The summed E-state index contributed by atoms with van der Waals surface area (Å²) in [5, 5.41) is 2.89. The number of hydrogen-bond donors (Lipinski definition) is 0. The van der Waals surface area contributed by atoms with Gasteiger partial charge in [0.1, 0.15) is 9.88 Å². The molecule has 1 saturated heterocycles. The summed E-state index contributed by atoms with van der Waals surface area (Å²) in [6, 6.07) is 3.99. The van der Waals surface area contributed by atoms with Gasteiger partial charge in [0.05, 0.1) is 17.2 Å². The Balaban J connectivity index is 1.60. The lowest BCUT2D eigenvalue weighted by Gasteiger charge is -2.34. The first-order valence-electron chi connectivity index (χ1n) is 8.68. The van der Waals surface area contributed by atoms with Gasteiger partial charge in [0.15, 0.2) is 0 Å². The van der Waals surface area contributed by atoms with E-state index in [0.717, 1.165) is 15.6 Å². The Labute approximate surface area is 161 Å². The average Bonchev–Trinajstić information content (AvgIpc) is 3.28. The van der Waals surface area contributed by atoms with Gasteiger partial charge >= 0.3 is 6.09 Å². The minimum Gasteiger partial charge on any atom is -0.449 e. The standard InChI is InChI=1S/C18H23N3O3S2/c1-12(2)11-24-18(23)21-8-6-20(7-9-21)17(22)15-13(3)19-16(26-15)14-5-4-10-25-14/h4-5,10,12H,6-9,11H2,1-3H3. The minimum absolute atomic E-state index is 0.00185. The third-order valence-corrected chi connectivity index (χ3v) is 6.27. The van der Waals surface area contributed by atoms with E-state index in [9.17, 15) is 9.59 Å². The molecule has 1 aliphatic rings. The average molecular weight is 394 g/mol. The first kappa shape index (κ1) is 18.8. The maximum Gasteiger partial charge on any atom is 0.409 e. The highest BCUT2D eigenvalue weighted by molar-refractivity contribution is 7.22. The molecule has 0 atom stereocenters. The van der Waals surface area contributed by atoms with Gasteiger partial charge in [-0.05, 0) is 24.3 Å². The highest BCUT2D eigenvalue weighted by Crippen LogP contribution is 2.31. The van der Waals surface area contributed by atoms with Crippen LogP contribution in [0, 0.1) is 12.8 Å². The van der Waals surface area contributed by atoms with Gasteiger partial charge in [-0.25, -0.2) is 9.78 Å². The quantitative estimate of drug-likeness (QED) is 0.794. The Morgan fingerprint density at radius 1 is 1.23 bits per heavy atom. The monoisotopic (exact) mass is 393 g/mol. The van der Waals surface area contributed by atoms with Crippen molar-refractivity contribution in [2.45, 2.75) is 20.8 Å². The number of amides is 2. The molecular formula is C18H23N3O3S2. The van der Waals surface area contributed by atoms with Gasteiger partial charge in [0.2, 0.25) is 0 Å². The van der Waals surface area contributed by atoms with Gasteiger partial charge < -0.3 is 14.5 Å². The molecule has 3 rings (SSSR count). The highest BCUT2D eigenvalue weighted by atomic mass is 32.1. The van der Waals surface area contributed by atoms with Crippen LogP contribution in [0.4, 0.5) is 4.79 Å². The van der Waals surface area contributed by atoms with Crippen molar-refractivity contribution in [3.8, 4) is 9.88 Å². The van der Waals surface area contributed by atoms with Crippen molar-refractivity contribution in [3.63, 3.8) is 0 Å². The van der Waals surface area contributed by atoms with Gasteiger partial charge in [0.25, 0.3) is 5.91 Å². The van der Waals surface area contributed by atoms with E-state index in [4.69, 9.17) is 4.74 Å². The molecule has 8 heteroatoms. The third kappa shape index (κ3) is 4.24. The molecule has 0 radical (unpaired) electrons. The zero-order valence-electron chi connectivity index (χ0n) is 15.2. The lowest BCUT2D eigenvalue weighted by Crippen LogP contribution is -2.50. The third-order valence-electron chi connectivity index (χ3n) is 4.09. The van der Waals surface area contributed by atoms with Crippen LogP contribution in [0.1, 0.15) is 29.2 Å². The first-order valence-corrected chi connectivity index (χ1v) is 10.4. The lowest BCUT2D eigenvalue weighted by molar-refractivity contribution is 0.0538. The summed E-state index contributed by atoms with van der Waals surface area (Å²) in [6.45, 7) is 8.33. The molecule has 140 valence electrons. The number of rotatable bonds is 4. The summed E-state index contributed by atoms with van der Waals surface area (Å²) in [6.07, 6.45) is -0.292. The Morgan fingerprint density at radius 2 is 1.92 bits per heavy atom. The molecule has 2 aromatic rings. The number of ether oxygens (including phenoxy) is 1. The molecule has 0 saturated carbocycles. The predicted molar refractivity (Wildman–Crippen MR) is 104 cm³/mol. The van der Waals surface area contributed by atoms with E-state index >= 15 is 0 Å². The second kappa shape index (κ2) is 8.18. The number of piperazine rings is 1. The summed E-state index contributed by atoms with van der Waals surface area (Å²) >= 11 is 3.06. The molecule has 0 unspecified atom stereocenters. The van der Waals surface area contributed by atoms with E-state index < -0.39 is 0 Å². The number of aromatic nitrogens is 1. The van der Waals surface area contributed by atoms with Crippen molar-refractivity contribution >= 4 is 34.7 Å². The van der Waals surface area contributed by atoms with Crippen LogP contribution in [0.3, 0.4) is 0 Å². The summed E-state index contributed by atoms with van der Waals surface area (Å²) in [7, 11) is 0. The van der Waals surface area contributed by atoms with E-state index in [-0.39, 0.29) is 12.0 Å². The lowest BCUT2D eigenvalue weighted by atomic mass is 10.2. The summed E-state index contributed by atoms with van der Waals surface area (Å²) in [4.78, 5) is 34.7. The van der Waals surface area contributed by atoms with Crippen molar-refractivity contribution < 1.29 is 14.3 Å². The summed E-state index contributed by atoms with van der Waals surface area (Å²) in [5.41, 5.74) is 0.766. The molecule has 0 bridgehead atoms. The largest absolute Gasteiger partial charge is 0.449 e. The van der Waals surface area contributed by atoms with Crippen molar-refractivity contribution in [1.82, 2.24) is 14.8 Å². The van der Waals surface area contributed by atoms with Crippen LogP contribution >= 0.6 is 22.7 Å². The van der Waals surface area contributed by atoms with Crippen LogP contribution in [0.25, 0.3) is 9.88 Å². The van der Waals surface area contributed by atoms with E-state index in [1.165, 1.54) is 11.3 Å². The molecule has 0 N–H and O–H groups in total. The fourth-order valence-corrected chi connectivity index (χ4v) is 4.50. The van der Waals surface area contributed by atoms with Gasteiger partial charge in [-0.3, -0.25) is 4.79 Å². The molecular weight excluding hydrogens is 370 g/mol. The fourth-order valence-electron chi connectivity index (χ4n) is 2.67. The highest BCUT2D eigenvalue weighted by Gasteiger charge is 2.28. The Morgan fingerprint density at radius 3 is 2.54 bits per heavy atom.